The molecule has 0 aromatic carbocycles. The fraction of sp³-hybridized carbons (Fsp3) is 0.500. The minimum Gasteiger partial charge on any atom is -0.481 e. The average Bonchev–Trinajstić information content (AvgIpc) is 3.05. The first-order valence-electron chi connectivity index (χ1n) is 5.88. The van der Waals surface area contributed by atoms with Gasteiger partial charge in [0.1, 0.15) is 0 Å². The molecular weight excluding hydrogens is 332 g/mol. The normalized spacial score (nSPS) is 15.9. The van der Waals surface area contributed by atoms with Crippen LogP contribution in [0.15, 0.2) is 15.9 Å². The number of nitrogens with zero attached hydrogens (tertiary/aromatic N) is 1. The number of thiophene rings is 1. The van der Waals surface area contributed by atoms with Crippen molar-refractivity contribution in [3.8, 4) is 0 Å². The van der Waals surface area contributed by atoms with Crippen LogP contribution in [0.4, 0.5) is 4.79 Å². The quantitative estimate of drug-likeness (QED) is 0.860. The molecule has 2 amide bonds. The lowest BCUT2D eigenvalue weighted by molar-refractivity contribution is -0.143. The number of halogens is 1. The van der Waals surface area contributed by atoms with Crippen molar-refractivity contribution in [1.29, 1.82) is 0 Å². The molecule has 1 heterocycles. The van der Waals surface area contributed by atoms with Crippen molar-refractivity contribution in [1.82, 2.24) is 10.2 Å². The zero-order chi connectivity index (χ0) is 14.0. The lowest BCUT2D eigenvalue weighted by Crippen LogP contribution is -2.41. The first-order valence-corrected chi connectivity index (χ1v) is 7.55. The number of carboxylic acids is 1. The van der Waals surface area contributed by atoms with Gasteiger partial charge < -0.3 is 15.3 Å². The fourth-order valence-corrected chi connectivity index (χ4v) is 3.24. The van der Waals surface area contributed by atoms with Gasteiger partial charge >= 0.3 is 12.0 Å². The third-order valence-corrected chi connectivity index (χ3v) is 4.93. The summed E-state index contributed by atoms with van der Waals surface area (Å²) in [5, 5.41) is 13.7. The average molecular weight is 347 g/mol. The van der Waals surface area contributed by atoms with Gasteiger partial charge in [0.05, 0.1) is 12.0 Å². The molecule has 5 nitrogen and oxygen atoms in total. The zero-order valence-corrected chi connectivity index (χ0v) is 12.9. The fourth-order valence-electron chi connectivity index (χ4n) is 1.74. The Morgan fingerprint density at radius 2 is 2.26 bits per heavy atom. The van der Waals surface area contributed by atoms with Crippen LogP contribution in [-0.2, 0) is 11.3 Å². The Morgan fingerprint density at radius 3 is 2.74 bits per heavy atom. The molecule has 0 atom stereocenters. The lowest BCUT2D eigenvalue weighted by atomic mass is 10.1. The van der Waals surface area contributed by atoms with E-state index >= 15 is 0 Å². The van der Waals surface area contributed by atoms with E-state index in [1.54, 1.807) is 23.3 Å². The Balaban J connectivity index is 1.81. The lowest BCUT2D eigenvalue weighted by Gasteiger charge is -2.19. The van der Waals surface area contributed by atoms with E-state index in [2.05, 4.69) is 21.2 Å². The first-order chi connectivity index (χ1) is 8.93. The van der Waals surface area contributed by atoms with Crippen LogP contribution in [0.1, 0.15) is 17.7 Å². The summed E-state index contributed by atoms with van der Waals surface area (Å²) in [5.74, 6) is -0.822. The molecular formula is C12H15BrN2O3S. The Kier molecular flexibility index (Phi) is 4.15. The molecule has 1 aliphatic carbocycles. The second-order valence-electron chi connectivity index (χ2n) is 4.83. The maximum absolute atomic E-state index is 11.9. The molecule has 1 aromatic rings. The highest BCUT2D eigenvalue weighted by atomic mass is 79.9. The molecule has 0 spiro atoms. The second kappa shape index (κ2) is 5.50. The topological polar surface area (TPSA) is 69.6 Å². The number of aliphatic carboxylic acids is 1. The van der Waals surface area contributed by atoms with Gasteiger partial charge in [-0.15, -0.1) is 11.3 Å². The molecule has 1 saturated carbocycles. The summed E-state index contributed by atoms with van der Waals surface area (Å²) in [5.41, 5.74) is -0.720. The maximum atomic E-state index is 11.9. The summed E-state index contributed by atoms with van der Waals surface area (Å²) in [6.07, 6.45) is 1.29. The van der Waals surface area contributed by atoms with Crippen molar-refractivity contribution < 1.29 is 14.7 Å². The number of amides is 2. The molecule has 1 aliphatic rings. The van der Waals surface area contributed by atoms with E-state index in [0.717, 1.165) is 9.35 Å². The molecule has 2 rings (SSSR count). The van der Waals surface area contributed by atoms with Crippen molar-refractivity contribution in [3.05, 3.63) is 20.8 Å². The van der Waals surface area contributed by atoms with E-state index in [-0.39, 0.29) is 12.6 Å². The summed E-state index contributed by atoms with van der Waals surface area (Å²) in [7, 11) is 1.70. The number of carbonyl (C=O) groups is 2. The third kappa shape index (κ3) is 3.48. The summed E-state index contributed by atoms with van der Waals surface area (Å²) in [4.78, 5) is 25.5. The monoisotopic (exact) mass is 346 g/mol. The standard InChI is InChI=1S/C12H15BrN2O3S/c1-15(5-9-4-8(13)6-19-9)11(18)14-7-12(2-3-12)10(16)17/h4,6H,2-3,5,7H2,1H3,(H,14,18)(H,16,17). The van der Waals surface area contributed by atoms with Crippen molar-refractivity contribution in [2.45, 2.75) is 19.4 Å². The van der Waals surface area contributed by atoms with Crippen LogP contribution in [0, 0.1) is 5.41 Å². The molecule has 7 heteroatoms. The van der Waals surface area contributed by atoms with Crippen molar-refractivity contribution in [3.63, 3.8) is 0 Å². The summed E-state index contributed by atoms with van der Waals surface area (Å²) in [6.45, 7) is 0.724. The predicted octanol–water partition coefficient (Wildman–Crippen LogP) is 2.52. The highest BCUT2D eigenvalue weighted by Crippen LogP contribution is 2.45. The minimum absolute atomic E-state index is 0.208. The number of nitrogens with one attached hydrogen (secondary N) is 1. The van der Waals surface area contributed by atoms with E-state index in [4.69, 9.17) is 5.11 Å². The van der Waals surface area contributed by atoms with Gasteiger partial charge in [0.15, 0.2) is 0 Å². The van der Waals surface area contributed by atoms with Crippen LogP contribution in [0.25, 0.3) is 0 Å². The van der Waals surface area contributed by atoms with E-state index in [1.807, 2.05) is 11.4 Å². The van der Waals surface area contributed by atoms with Gasteiger partial charge in [0, 0.05) is 28.3 Å². The van der Waals surface area contributed by atoms with E-state index in [9.17, 15) is 9.59 Å². The Bertz CT molecular complexity index is 499. The minimum atomic E-state index is -0.822. The molecule has 0 aliphatic heterocycles. The number of hydrogen-bond donors (Lipinski definition) is 2. The second-order valence-corrected chi connectivity index (χ2v) is 6.74. The molecule has 1 aromatic heterocycles. The number of urea groups is 1. The highest BCUT2D eigenvalue weighted by molar-refractivity contribution is 9.10. The van der Waals surface area contributed by atoms with Crippen molar-refractivity contribution >= 4 is 39.3 Å². The van der Waals surface area contributed by atoms with Gasteiger partial charge in [0.2, 0.25) is 0 Å². The van der Waals surface area contributed by atoms with Crippen LogP contribution >= 0.6 is 27.3 Å². The number of carboxylic acid groups (broad SMARTS) is 1. The largest absolute Gasteiger partial charge is 0.481 e. The van der Waals surface area contributed by atoms with Gasteiger partial charge in [-0.05, 0) is 34.8 Å². The summed E-state index contributed by atoms with van der Waals surface area (Å²) < 4.78 is 1.00. The van der Waals surface area contributed by atoms with E-state index in [0.29, 0.717) is 19.4 Å². The molecule has 2 N–H and O–H groups in total. The van der Waals surface area contributed by atoms with E-state index in [1.165, 1.54) is 0 Å². The van der Waals surface area contributed by atoms with Gasteiger partial charge in [0.25, 0.3) is 0 Å². The van der Waals surface area contributed by atoms with Crippen LogP contribution < -0.4 is 5.32 Å². The van der Waals surface area contributed by atoms with Crippen LogP contribution in [0.2, 0.25) is 0 Å². The third-order valence-electron chi connectivity index (χ3n) is 3.25. The van der Waals surface area contributed by atoms with Crippen molar-refractivity contribution in [2.75, 3.05) is 13.6 Å². The first kappa shape index (κ1) is 14.3. The summed E-state index contributed by atoms with van der Waals surface area (Å²) in [6, 6.07) is 1.73. The molecule has 1 fully saturated rings. The van der Waals surface area contributed by atoms with Crippen LogP contribution in [-0.4, -0.2) is 35.6 Å². The van der Waals surface area contributed by atoms with Gasteiger partial charge in [-0.2, -0.15) is 0 Å². The highest BCUT2D eigenvalue weighted by Gasteiger charge is 2.50. The SMILES string of the molecule is CN(Cc1cc(Br)cs1)C(=O)NCC1(C(=O)O)CC1. The number of hydrogen-bond acceptors (Lipinski definition) is 3. The smallest absolute Gasteiger partial charge is 0.317 e. The van der Waals surface area contributed by atoms with E-state index < -0.39 is 11.4 Å². The molecule has 0 unspecified atom stereocenters. The molecule has 0 radical (unpaired) electrons. The van der Waals surface area contributed by atoms with Gasteiger partial charge in [-0.3, -0.25) is 4.79 Å². The Labute approximate surface area is 123 Å². The molecule has 104 valence electrons. The number of rotatable bonds is 5. The van der Waals surface area contributed by atoms with Crippen molar-refractivity contribution in [2.24, 2.45) is 5.41 Å². The van der Waals surface area contributed by atoms with Gasteiger partial charge in [-0.1, -0.05) is 0 Å². The van der Waals surface area contributed by atoms with Gasteiger partial charge in [-0.25, -0.2) is 4.79 Å². The predicted molar refractivity (Wildman–Crippen MR) is 76.2 cm³/mol. The molecule has 19 heavy (non-hydrogen) atoms. The molecule has 0 saturated heterocycles. The Hall–Kier alpha value is -1.08. The zero-order valence-electron chi connectivity index (χ0n) is 10.5. The van der Waals surface area contributed by atoms with Crippen LogP contribution in [0.3, 0.4) is 0 Å². The van der Waals surface area contributed by atoms with Crippen LogP contribution in [0.5, 0.6) is 0 Å². The number of carbonyl (C=O) groups excluding carboxylic acids is 1. The Morgan fingerprint density at radius 1 is 1.58 bits per heavy atom. The summed E-state index contributed by atoms with van der Waals surface area (Å²) >= 11 is 4.94. The maximum Gasteiger partial charge on any atom is 0.317 e. The molecule has 0 bridgehead atoms.